The van der Waals surface area contributed by atoms with Gasteiger partial charge in [-0.3, -0.25) is 4.39 Å². The highest BCUT2D eigenvalue weighted by Gasteiger charge is 2.05. The highest BCUT2D eigenvalue weighted by Crippen LogP contribution is 2.21. The van der Waals surface area contributed by atoms with Crippen molar-refractivity contribution in [2.45, 2.75) is 26.4 Å². The van der Waals surface area contributed by atoms with Gasteiger partial charge in [0, 0.05) is 12.7 Å². The molecule has 3 nitrogen and oxygen atoms in total. The second-order valence-electron chi connectivity index (χ2n) is 3.49. The van der Waals surface area contributed by atoms with Gasteiger partial charge in [-0.25, -0.2) is 4.98 Å². The Balaban J connectivity index is 2.60. The normalized spacial score (nSPS) is 10.4. The average Bonchev–Trinajstić information content (AvgIpc) is 2.20. The second kappa shape index (κ2) is 6.22. The van der Waals surface area contributed by atoms with Crippen LogP contribution >= 0.6 is 0 Å². The number of alkyl halides is 1. The first-order valence-electron chi connectivity index (χ1n) is 5.15. The Hall–Kier alpha value is -1.32. The number of nitrogens with one attached hydrogen (secondary N) is 1. The molecule has 0 aliphatic heterocycles. The Bertz CT molecular complexity index is 292. The van der Waals surface area contributed by atoms with Crippen molar-refractivity contribution in [1.82, 2.24) is 4.98 Å². The largest absolute Gasteiger partial charge is 0.473 e. The van der Waals surface area contributed by atoms with Gasteiger partial charge in [-0.1, -0.05) is 0 Å². The first-order valence-corrected chi connectivity index (χ1v) is 5.15. The number of pyridine rings is 1. The van der Waals surface area contributed by atoms with Crippen molar-refractivity contribution < 1.29 is 9.13 Å². The molecule has 0 bridgehead atoms. The third kappa shape index (κ3) is 4.14. The topological polar surface area (TPSA) is 34.1 Å². The maximum atomic E-state index is 11.9. The van der Waals surface area contributed by atoms with Crippen LogP contribution in [0.4, 0.5) is 10.1 Å². The fourth-order valence-corrected chi connectivity index (χ4v) is 1.13. The number of hydrogen-bond donors (Lipinski definition) is 1. The molecule has 0 saturated heterocycles. The summed E-state index contributed by atoms with van der Waals surface area (Å²) in [6.45, 7) is 4.17. The quantitative estimate of drug-likeness (QED) is 0.736. The predicted molar refractivity (Wildman–Crippen MR) is 59.1 cm³/mol. The summed E-state index contributed by atoms with van der Waals surface area (Å²) in [6, 6.07) is 3.70. The molecule has 0 spiro atoms. The number of aromatic nitrogens is 1. The minimum Gasteiger partial charge on any atom is -0.473 e. The molecule has 1 aromatic heterocycles. The van der Waals surface area contributed by atoms with E-state index in [4.69, 9.17) is 4.74 Å². The summed E-state index contributed by atoms with van der Waals surface area (Å²) >= 11 is 0. The van der Waals surface area contributed by atoms with Crippen molar-refractivity contribution in [1.29, 1.82) is 0 Å². The standard InChI is InChI=1S/C11H17FN2O/c1-9(2)15-11-10(5-3-7-14-11)13-8-4-6-12/h3,5,7,9,13H,4,6,8H2,1-2H3. The molecule has 1 aromatic rings. The summed E-state index contributed by atoms with van der Waals surface area (Å²) in [5.41, 5.74) is 0.819. The lowest BCUT2D eigenvalue weighted by atomic mass is 10.3. The summed E-state index contributed by atoms with van der Waals surface area (Å²) in [7, 11) is 0. The smallest absolute Gasteiger partial charge is 0.237 e. The maximum Gasteiger partial charge on any atom is 0.237 e. The maximum absolute atomic E-state index is 11.9. The molecule has 0 aliphatic carbocycles. The van der Waals surface area contributed by atoms with E-state index in [2.05, 4.69) is 10.3 Å². The minimum absolute atomic E-state index is 0.0848. The summed E-state index contributed by atoms with van der Waals surface area (Å²) in [5, 5.41) is 3.09. The highest BCUT2D eigenvalue weighted by molar-refractivity contribution is 5.51. The van der Waals surface area contributed by atoms with E-state index in [1.54, 1.807) is 6.20 Å². The van der Waals surface area contributed by atoms with Gasteiger partial charge in [-0.05, 0) is 32.4 Å². The lowest BCUT2D eigenvalue weighted by Crippen LogP contribution is -2.10. The van der Waals surface area contributed by atoms with Crippen molar-refractivity contribution in [2.75, 3.05) is 18.5 Å². The zero-order valence-electron chi connectivity index (χ0n) is 9.16. The van der Waals surface area contributed by atoms with Gasteiger partial charge < -0.3 is 10.1 Å². The Morgan fingerprint density at radius 1 is 1.53 bits per heavy atom. The van der Waals surface area contributed by atoms with Crippen molar-refractivity contribution >= 4 is 5.69 Å². The molecule has 4 heteroatoms. The third-order valence-electron chi connectivity index (χ3n) is 1.74. The third-order valence-corrected chi connectivity index (χ3v) is 1.74. The van der Waals surface area contributed by atoms with Gasteiger partial charge in [0.25, 0.3) is 0 Å². The summed E-state index contributed by atoms with van der Waals surface area (Å²) in [4.78, 5) is 4.12. The van der Waals surface area contributed by atoms with Crippen LogP contribution < -0.4 is 10.1 Å². The van der Waals surface area contributed by atoms with E-state index in [1.165, 1.54) is 0 Å². The van der Waals surface area contributed by atoms with Crippen LogP contribution in [0.5, 0.6) is 5.88 Å². The van der Waals surface area contributed by atoms with Crippen LogP contribution in [0.2, 0.25) is 0 Å². The Morgan fingerprint density at radius 3 is 3.00 bits per heavy atom. The van der Waals surface area contributed by atoms with Crippen LogP contribution in [0.1, 0.15) is 20.3 Å². The molecular formula is C11H17FN2O. The molecule has 1 heterocycles. The lowest BCUT2D eigenvalue weighted by Gasteiger charge is -2.13. The van der Waals surface area contributed by atoms with E-state index >= 15 is 0 Å². The predicted octanol–water partition coefficient (Wildman–Crippen LogP) is 2.64. The molecule has 0 atom stereocenters. The first-order chi connectivity index (χ1) is 7.24. The zero-order chi connectivity index (χ0) is 11.1. The molecule has 1 rings (SSSR count). The summed E-state index contributed by atoms with van der Waals surface area (Å²) in [6.07, 6.45) is 2.26. The number of halogens is 1. The van der Waals surface area contributed by atoms with Crippen LogP contribution in [-0.2, 0) is 0 Å². The van der Waals surface area contributed by atoms with Crippen molar-refractivity contribution in [3.05, 3.63) is 18.3 Å². The van der Waals surface area contributed by atoms with E-state index in [9.17, 15) is 4.39 Å². The molecule has 0 amide bonds. The Kier molecular flexibility index (Phi) is 4.87. The van der Waals surface area contributed by atoms with Gasteiger partial charge in [-0.2, -0.15) is 0 Å². The first kappa shape index (κ1) is 11.8. The van der Waals surface area contributed by atoms with Crippen LogP contribution in [0, 0.1) is 0 Å². The van der Waals surface area contributed by atoms with Gasteiger partial charge in [0.15, 0.2) is 0 Å². The minimum atomic E-state index is -0.312. The average molecular weight is 212 g/mol. The molecule has 84 valence electrons. The number of hydrogen-bond acceptors (Lipinski definition) is 3. The molecule has 0 aromatic carbocycles. The Labute approximate surface area is 89.7 Å². The number of ether oxygens (including phenoxy) is 1. The summed E-state index contributed by atoms with van der Waals surface area (Å²) < 4.78 is 17.4. The van der Waals surface area contributed by atoms with Crippen LogP contribution in [-0.4, -0.2) is 24.3 Å². The van der Waals surface area contributed by atoms with Gasteiger partial charge in [0.2, 0.25) is 5.88 Å². The van der Waals surface area contributed by atoms with E-state index in [-0.39, 0.29) is 12.8 Å². The van der Waals surface area contributed by atoms with Crippen LogP contribution in [0.25, 0.3) is 0 Å². The molecule has 0 aliphatic rings. The fourth-order valence-electron chi connectivity index (χ4n) is 1.13. The van der Waals surface area contributed by atoms with E-state index in [0.29, 0.717) is 18.8 Å². The second-order valence-corrected chi connectivity index (χ2v) is 3.49. The molecule has 1 N–H and O–H groups in total. The molecule has 0 unspecified atom stereocenters. The monoisotopic (exact) mass is 212 g/mol. The molecule has 0 fully saturated rings. The van der Waals surface area contributed by atoms with E-state index < -0.39 is 0 Å². The molecular weight excluding hydrogens is 195 g/mol. The van der Waals surface area contributed by atoms with E-state index in [0.717, 1.165) is 5.69 Å². The van der Waals surface area contributed by atoms with Gasteiger partial charge >= 0.3 is 0 Å². The zero-order valence-corrected chi connectivity index (χ0v) is 9.16. The van der Waals surface area contributed by atoms with Crippen molar-refractivity contribution in [2.24, 2.45) is 0 Å². The van der Waals surface area contributed by atoms with Crippen LogP contribution in [0.3, 0.4) is 0 Å². The van der Waals surface area contributed by atoms with Crippen LogP contribution in [0.15, 0.2) is 18.3 Å². The number of nitrogens with zero attached hydrogens (tertiary/aromatic N) is 1. The number of rotatable bonds is 6. The molecule has 0 radical (unpaired) electrons. The summed E-state index contributed by atoms with van der Waals surface area (Å²) in [5.74, 6) is 0.575. The van der Waals surface area contributed by atoms with Gasteiger partial charge in [0.05, 0.1) is 18.5 Å². The molecule has 15 heavy (non-hydrogen) atoms. The Morgan fingerprint density at radius 2 is 2.33 bits per heavy atom. The fraction of sp³-hybridized carbons (Fsp3) is 0.545. The van der Waals surface area contributed by atoms with E-state index in [1.807, 2.05) is 26.0 Å². The van der Waals surface area contributed by atoms with Gasteiger partial charge in [-0.15, -0.1) is 0 Å². The SMILES string of the molecule is CC(C)Oc1ncccc1NCCCF. The lowest BCUT2D eigenvalue weighted by molar-refractivity contribution is 0.234. The number of anilines is 1. The van der Waals surface area contributed by atoms with Gasteiger partial charge in [0.1, 0.15) is 0 Å². The molecule has 0 saturated carbocycles. The van der Waals surface area contributed by atoms with Crippen molar-refractivity contribution in [3.8, 4) is 5.88 Å². The van der Waals surface area contributed by atoms with Crippen molar-refractivity contribution in [3.63, 3.8) is 0 Å². The highest BCUT2D eigenvalue weighted by atomic mass is 19.1.